The Bertz CT molecular complexity index is 1340. The van der Waals surface area contributed by atoms with Crippen LogP contribution in [0.3, 0.4) is 0 Å². The van der Waals surface area contributed by atoms with Gasteiger partial charge in [0.1, 0.15) is 18.1 Å². The molecule has 2 heteroatoms. The lowest BCUT2D eigenvalue weighted by molar-refractivity contribution is 0.306. The molecule has 5 rings (SSSR count). The molecule has 0 aliphatic rings. The monoisotopic (exact) mass is 428 g/mol. The number of hydrogen-bond donors (Lipinski definition) is 1. The van der Waals surface area contributed by atoms with Gasteiger partial charge >= 0.3 is 0 Å². The summed E-state index contributed by atoms with van der Waals surface area (Å²) < 4.78 is 6.14. The van der Waals surface area contributed by atoms with E-state index in [0.29, 0.717) is 6.61 Å². The van der Waals surface area contributed by atoms with E-state index in [1.807, 2.05) is 72.8 Å². The number of ether oxygens (including phenoxy) is 1. The highest BCUT2D eigenvalue weighted by atomic mass is 16.5. The summed E-state index contributed by atoms with van der Waals surface area (Å²) in [5, 5.41) is 10.2. The van der Waals surface area contributed by atoms with Crippen molar-refractivity contribution in [1.82, 2.24) is 0 Å². The van der Waals surface area contributed by atoms with E-state index in [1.54, 1.807) is 6.07 Å². The van der Waals surface area contributed by atoms with E-state index in [1.165, 1.54) is 0 Å². The SMILES string of the molecule is Oc1ccc(-c2ccc(OCc3ccccc3)cc2-c2ccccc2)c(-c2ccccc2)c1. The number of phenols is 1. The lowest BCUT2D eigenvalue weighted by atomic mass is 9.89. The molecule has 0 spiro atoms. The Labute approximate surface area is 194 Å². The van der Waals surface area contributed by atoms with Crippen LogP contribution in [0.2, 0.25) is 0 Å². The Morgan fingerprint density at radius 3 is 1.61 bits per heavy atom. The zero-order chi connectivity index (χ0) is 22.5. The number of benzene rings is 5. The molecule has 0 unspecified atom stereocenters. The van der Waals surface area contributed by atoms with Crippen LogP contribution >= 0.6 is 0 Å². The quantitative estimate of drug-likeness (QED) is 0.297. The van der Waals surface area contributed by atoms with Gasteiger partial charge in [-0.15, -0.1) is 0 Å². The smallest absolute Gasteiger partial charge is 0.120 e. The fourth-order valence-electron chi connectivity index (χ4n) is 4.07. The molecule has 1 N–H and O–H groups in total. The lowest BCUT2D eigenvalue weighted by Gasteiger charge is -2.17. The van der Waals surface area contributed by atoms with Gasteiger partial charge in [-0.25, -0.2) is 0 Å². The highest BCUT2D eigenvalue weighted by molar-refractivity contribution is 5.92. The Morgan fingerprint density at radius 2 is 1.00 bits per heavy atom. The molecule has 2 nitrogen and oxygen atoms in total. The molecule has 0 aliphatic carbocycles. The third-order valence-corrected chi connectivity index (χ3v) is 5.70. The van der Waals surface area contributed by atoms with Gasteiger partial charge in [-0.3, -0.25) is 0 Å². The Morgan fingerprint density at radius 1 is 0.485 bits per heavy atom. The van der Waals surface area contributed by atoms with E-state index in [4.69, 9.17) is 4.74 Å². The number of hydrogen-bond acceptors (Lipinski definition) is 2. The number of rotatable bonds is 6. The highest BCUT2D eigenvalue weighted by Crippen LogP contribution is 2.41. The van der Waals surface area contributed by atoms with Crippen LogP contribution in [0.15, 0.2) is 127 Å². The molecule has 33 heavy (non-hydrogen) atoms. The van der Waals surface area contributed by atoms with Gasteiger partial charge < -0.3 is 9.84 Å². The van der Waals surface area contributed by atoms with Crippen molar-refractivity contribution in [1.29, 1.82) is 0 Å². The third-order valence-electron chi connectivity index (χ3n) is 5.70. The van der Waals surface area contributed by atoms with Crippen LogP contribution in [0.25, 0.3) is 33.4 Å². The molecule has 0 heterocycles. The molecule has 5 aromatic rings. The zero-order valence-electron chi connectivity index (χ0n) is 18.2. The van der Waals surface area contributed by atoms with Crippen LogP contribution in [0, 0.1) is 0 Å². The molecule has 0 radical (unpaired) electrons. The first kappa shape index (κ1) is 20.6. The second-order valence-corrected chi connectivity index (χ2v) is 7.94. The van der Waals surface area contributed by atoms with Crippen molar-refractivity contribution < 1.29 is 9.84 Å². The van der Waals surface area contributed by atoms with Crippen LogP contribution in [0.1, 0.15) is 5.56 Å². The first-order valence-electron chi connectivity index (χ1n) is 11.0. The normalized spacial score (nSPS) is 10.7. The molecule has 0 fully saturated rings. The lowest BCUT2D eigenvalue weighted by Crippen LogP contribution is -1.96. The summed E-state index contributed by atoms with van der Waals surface area (Å²) in [5.41, 5.74) is 7.54. The minimum atomic E-state index is 0.252. The van der Waals surface area contributed by atoms with Crippen LogP contribution in [-0.2, 0) is 6.61 Å². The molecular weight excluding hydrogens is 404 g/mol. The topological polar surface area (TPSA) is 29.5 Å². The minimum Gasteiger partial charge on any atom is -0.508 e. The predicted molar refractivity (Wildman–Crippen MR) is 135 cm³/mol. The predicted octanol–water partition coefficient (Wildman–Crippen LogP) is 7.97. The van der Waals surface area contributed by atoms with Gasteiger partial charge in [0.25, 0.3) is 0 Å². The summed E-state index contributed by atoms with van der Waals surface area (Å²) in [6.07, 6.45) is 0. The van der Waals surface area contributed by atoms with E-state index in [0.717, 1.165) is 44.7 Å². The molecule has 0 bridgehead atoms. The van der Waals surface area contributed by atoms with Gasteiger partial charge in [-0.2, -0.15) is 0 Å². The van der Waals surface area contributed by atoms with E-state index < -0.39 is 0 Å². The van der Waals surface area contributed by atoms with Gasteiger partial charge in [0, 0.05) is 0 Å². The van der Waals surface area contributed by atoms with Crippen molar-refractivity contribution in [3.8, 4) is 44.9 Å². The Balaban J connectivity index is 1.61. The van der Waals surface area contributed by atoms with Crippen molar-refractivity contribution in [3.05, 3.63) is 133 Å². The molecule has 0 aliphatic heterocycles. The average molecular weight is 429 g/mol. The maximum Gasteiger partial charge on any atom is 0.120 e. The summed E-state index contributed by atoms with van der Waals surface area (Å²) >= 11 is 0. The Kier molecular flexibility index (Phi) is 5.90. The molecule has 0 amide bonds. The van der Waals surface area contributed by atoms with Gasteiger partial charge in [-0.1, -0.05) is 103 Å². The fourth-order valence-corrected chi connectivity index (χ4v) is 4.07. The van der Waals surface area contributed by atoms with E-state index in [9.17, 15) is 5.11 Å². The minimum absolute atomic E-state index is 0.252. The molecule has 0 saturated carbocycles. The maximum atomic E-state index is 10.2. The molecular formula is C31H24O2. The Hall–Kier alpha value is -4.30. The van der Waals surface area contributed by atoms with E-state index in [2.05, 4.69) is 48.5 Å². The summed E-state index contributed by atoms with van der Waals surface area (Å²) in [5.74, 6) is 1.07. The summed E-state index contributed by atoms with van der Waals surface area (Å²) in [4.78, 5) is 0. The van der Waals surface area contributed by atoms with Crippen molar-refractivity contribution in [2.24, 2.45) is 0 Å². The van der Waals surface area contributed by atoms with E-state index in [-0.39, 0.29) is 5.75 Å². The van der Waals surface area contributed by atoms with Crippen molar-refractivity contribution in [3.63, 3.8) is 0 Å². The molecule has 5 aromatic carbocycles. The van der Waals surface area contributed by atoms with Crippen molar-refractivity contribution in [2.45, 2.75) is 6.61 Å². The van der Waals surface area contributed by atoms with E-state index >= 15 is 0 Å². The van der Waals surface area contributed by atoms with Crippen LogP contribution in [0.5, 0.6) is 11.5 Å². The number of aromatic hydroxyl groups is 1. The summed E-state index contributed by atoms with van der Waals surface area (Å²) in [6, 6.07) is 42.5. The second kappa shape index (κ2) is 9.46. The maximum absolute atomic E-state index is 10.2. The van der Waals surface area contributed by atoms with Gasteiger partial charge in [0.2, 0.25) is 0 Å². The first-order valence-corrected chi connectivity index (χ1v) is 11.0. The number of phenolic OH excluding ortho intramolecular Hbond substituents is 1. The largest absolute Gasteiger partial charge is 0.508 e. The first-order chi connectivity index (χ1) is 16.3. The fraction of sp³-hybridized carbons (Fsp3) is 0.0323. The molecule has 160 valence electrons. The second-order valence-electron chi connectivity index (χ2n) is 7.94. The average Bonchev–Trinajstić information content (AvgIpc) is 2.89. The molecule has 0 aromatic heterocycles. The van der Waals surface area contributed by atoms with Crippen molar-refractivity contribution in [2.75, 3.05) is 0 Å². The standard InChI is InChI=1S/C31H24O2/c32-26-16-18-28(30(20-26)24-12-6-2-7-13-24)29-19-17-27(33-22-23-10-4-1-5-11-23)21-31(29)25-14-8-3-9-15-25/h1-21,32H,22H2. The van der Waals surface area contributed by atoms with Crippen LogP contribution in [0.4, 0.5) is 0 Å². The van der Waals surface area contributed by atoms with Crippen molar-refractivity contribution >= 4 is 0 Å². The third kappa shape index (κ3) is 4.65. The van der Waals surface area contributed by atoms with Gasteiger partial charge in [0.05, 0.1) is 0 Å². The highest BCUT2D eigenvalue weighted by Gasteiger charge is 2.14. The van der Waals surface area contributed by atoms with Gasteiger partial charge in [-0.05, 0) is 63.2 Å². The van der Waals surface area contributed by atoms with Crippen LogP contribution < -0.4 is 4.74 Å². The zero-order valence-corrected chi connectivity index (χ0v) is 18.2. The molecule has 0 atom stereocenters. The van der Waals surface area contributed by atoms with Gasteiger partial charge in [0.15, 0.2) is 0 Å². The van der Waals surface area contributed by atoms with Crippen LogP contribution in [-0.4, -0.2) is 5.11 Å². The molecule has 0 saturated heterocycles. The summed E-state index contributed by atoms with van der Waals surface area (Å²) in [6.45, 7) is 0.517. The summed E-state index contributed by atoms with van der Waals surface area (Å²) in [7, 11) is 0.